The predicted molar refractivity (Wildman–Crippen MR) is 47.5 cm³/mol. The minimum atomic E-state index is 0. The van der Waals surface area contributed by atoms with Crippen LogP contribution in [0.2, 0.25) is 0 Å². The molecule has 74 valence electrons. The molecule has 2 nitrogen and oxygen atoms in total. The third-order valence-electron chi connectivity index (χ3n) is 1.59. The van der Waals surface area contributed by atoms with E-state index in [-0.39, 0.29) is 40.5 Å². The van der Waals surface area contributed by atoms with Crippen molar-refractivity contribution in [3.05, 3.63) is 48.8 Å². The normalized spacial score (nSPS) is 8.29. The van der Waals surface area contributed by atoms with Gasteiger partial charge in [-0.3, -0.25) is 9.97 Å². The van der Waals surface area contributed by atoms with Crippen molar-refractivity contribution in [3.8, 4) is 11.4 Å². The molecule has 0 fully saturated rings. The first-order valence-corrected chi connectivity index (χ1v) is 3.79. The second-order valence-corrected chi connectivity index (χ2v) is 2.43. The summed E-state index contributed by atoms with van der Waals surface area (Å²) in [6.45, 7) is 0. The molecule has 0 N–H and O–H groups in total. The molecule has 0 aliphatic heterocycles. The molecular weight excluding hydrogens is 334 g/mol. The maximum Gasteiger partial charge on any atom is 2.00 e. The maximum atomic E-state index is 4.19. The summed E-state index contributed by atoms with van der Waals surface area (Å²) in [7, 11) is 0. The van der Waals surface area contributed by atoms with Crippen LogP contribution < -0.4 is 24.0 Å². The summed E-state index contributed by atoms with van der Waals surface area (Å²) < 4.78 is 0. The molecule has 2 aromatic rings. The largest absolute Gasteiger partial charge is 2.00 e. The summed E-state index contributed by atoms with van der Waals surface area (Å²) in [6, 6.07) is 11.6. The van der Waals surface area contributed by atoms with Crippen molar-refractivity contribution in [1.29, 1.82) is 0 Å². The molecule has 0 aliphatic carbocycles. The smallest absolute Gasteiger partial charge is 1.00 e. The summed E-state index contributed by atoms with van der Waals surface area (Å²) in [6.07, 6.45) is 3.54. The van der Waals surface area contributed by atoms with E-state index in [1.807, 2.05) is 36.4 Å². The van der Waals surface area contributed by atoms with Gasteiger partial charge in [-0.1, -0.05) is 12.1 Å². The topological polar surface area (TPSA) is 25.8 Å². The van der Waals surface area contributed by atoms with E-state index in [1.54, 1.807) is 12.4 Å². The summed E-state index contributed by atoms with van der Waals surface area (Å²) in [4.78, 5) is 8.37. The third-order valence-corrected chi connectivity index (χ3v) is 1.59. The zero-order chi connectivity index (χ0) is 8.23. The van der Waals surface area contributed by atoms with Gasteiger partial charge < -0.3 is 24.0 Å². The predicted octanol–water partition coefficient (Wildman–Crippen LogP) is -0.855. The molecule has 0 saturated heterocycles. The van der Waals surface area contributed by atoms with E-state index < -0.39 is 0 Å². The van der Waals surface area contributed by atoms with Gasteiger partial charge in [0.1, 0.15) is 0 Å². The van der Waals surface area contributed by atoms with Crippen LogP contribution in [0.4, 0.5) is 0 Å². The van der Waals surface area contributed by atoms with Gasteiger partial charge in [-0.2, -0.15) is 0 Å². The number of hydrogen-bond donors (Lipinski definition) is 0. The summed E-state index contributed by atoms with van der Waals surface area (Å²) in [5.41, 5.74) is 1.83. The Morgan fingerprint density at radius 2 is 1.14 bits per heavy atom. The zero-order valence-electron chi connectivity index (χ0n) is 7.21. The van der Waals surface area contributed by atoms with E-state index in [1.165, 1.54) is 0 Å². The Kier molecular flexibility index (Phi) is 6.67. The summed E-state index contributed by atoms with van der Waals surface area (Å²) in [5.74, 6) is 0. The monoisotopic (exact) mass is 341 g/mol. The average molecular weight is 342 g/mol. The minimum absolute atomic E-state index is 0. The molecule has 0 aromatic carbocycles. The van der Waals surface area contributed by atoms with Crippen LogP contribution in [0, 0.1) is 0 Å². The van der Waals surface area contributed by atoms with Gasteiger partial charge in [0.2, 0.25) is 0 Å². The van der Waals surface area contributed by atoms with Crippen molar-refractivity contribution in [2.24, 2.45) is 0 Å². The Morgan fingerprint density at radius 1 is 0.714 bits per heavy atom. The van der Waals surface area contributed by atoms with Gasteiger partial charge in [0.05, 0.1) is 11.4 Å². The number of nitrogens with zero attached hydrogens (tertiary/aromatic N) is 2. The van der Waals surface area contributed by atoms with E-state index in [2.05, 4.69) is 9.97 Å². The first kappa shape index (κ1) is 13.5. The average Bonchev–Trinajstić information content (AvgIpc) is 2.21. The maximum absolute atomic E-state index is 4.19. The minimum Gasteiger partial charge on any atom is -1.00 e. The molecule has 2 heterocycles. The molecule has 0 spiro atoms. The second-order valence-electron chi connectivity index (χ2n) is 2.43. The van der Waals surface area contributed by atoms with Gasteiger partial charge in [0, 0.05) is 12.4 Å². The fourth-order valence-corrected chi connectivity index (χ4v) is 1.03. The van der Waals surface area contributed by atoms with Gasteiger partial charge in [0.15, 0.2) is 0 Å². The fraction of sp³-hybridized carbons (Fsp3) is 0. The standard InChI is InChI=1S/C10H8N2.HI.Ni/c1-3-7-11-9(5-1)10-6-2-4-8-12-10;;/h1-8H;1H;/q;;+2/p-1. The molecular formula is C10H8IN2Ni+. The molecule has 0 amide bonds. The van der Waals surface area contributed by atoms with Crippen LogP contribution in [0.15, 0.2) is 48.8 Å². The van der Waals surface area contributed by atoms with Gasteiger partial charge in [-0.05, 0) is 24.3 Å². The van der Waals surface area contributed by atoms with Crippen LogP contribution in [-0.2, 0) is 16.5 Å². The molecule has 0 saturated carbocycles. The van der Waals surface area contributed by atoms with Crippen molar-refractivity contribution in [3.63, 3.8) is 0 Å². The second kappa shape index (κ2) is 6.90. The van der Waals surface area contributed by atoms with Crippen molar-refractivity contribution < 1.29 is 40.5 Å². The quantitative estimate of drug-likeness (QED) is 0.499. The molecule has 0 bridgehead atoms. The van der Waals surface area contributed by atoms with Crippen LogP contribution in [0.1, 0.15) is 0 Å². The molecule has 0 unspecified atom stereocenters. The van der Waals surface area contributed by atoms with E-state index >= 15 is 0 Å². The number of rotatable bonds is 1. The fourth-order valence-electron chi connectivity index (χ4n) is 1.03. The molecule has 14 heavy (non-hydrogen) atoms. The van der Waals surface area contributed by atoms with Crippen molar-refractivity contribution in [2.75, 3.05) is 0 Å². The van der Waals surface area contributed by atoms with E-state index in [9.17, 15) is 0 Å². The first-order chi connectivity index (χ1) is 5.97. The summed E-state index contributed by atoms with van der Waals surface area (Å²) >= 11 is 0. The molecule has 2 rings (SSSR count). The van der Waals surface area contributed by atoms with Gasteiger partial charge in [-0.25, -0.2) is 0 Å². The van der Waals surface area contributed by atoms with Crippen LogP contribution >= 0.6 is 0 Å². The molecule has 0 aliphatic rings. The Bertz CT molecular complexity index is 316. The molecule has 4 heteroatoms. The Morgan fingerprint density at radius 3 is 1.43 bits per heavy atom. The molecule has 0 atom stereocenters. The zero-order valence-corrected chi connectivity index (χ0v) is 10.4. The van der Waals surface area contributed by atoms with Crippen LogP contribution in [0.5, 0.6) is 0 Å². The summed E-state index contributed by atoms with van der Waals surface area (Å²) in [5, 5.41) is 0. The molecule has 0 radical (unpaired) electrons. The van der Waals surface area contributed by atoms with Gasteiger partial charge in [0.25, 0.3) is 0 Å². The first-order valence-electron chi connectivity index (χ1n) is 3.79. The van der Waals surface area contributed by atoms with E-state index in [0.29, 0.717) is 0 Å². The van der Waals surface area contributed by atoms with E-state index in [4.69, 9.17) is 0 Å². The Balaban J connectivity index is 0.000000845. The van der Waals surface area contributed by atoms with Crippen molar-refractivity contribution in [2.45, 2.75) is 0 Å². The van der Waals surface area contributed by atoms with Crippen LogP contribution in [0.3, 0.4) is 0 Å². The third kappa shape index (κ3) is 3.35. The SMILES string of the molecule is [I-].[Ni+2].c1ccc(-c2ccccn2)nc1. The van der Waals surface area contributed by atoms with E-state index in [0.717, 1.165) is 11.4 Å². The van der Waals surface area contributed by atoms with Crippen molar-refractivity contribution >= 4 is 0 Å². The Hall–Kier alpha value is -0.476. The number of pyridine rings is 2. The number of halogens is 1. The van der Waals surface area contributed by atoms with Crippen LogP contribution in [0.25, 0.3) is 11.4 Å². The Labute approximate surface area is 110 Å². The molecule has 2 aromatic heterocycles. The van der Waals surface area contributed by atoms with Gasteiger partial charge in [-0.15, -0.1) is 0 Å². The van der Waals surface area contributed by atoms with Gasteiger partial charge >= 0.3 is 16.5 Å². The van der Waals surface area contributed by atoms with Crippen LogP contribution in [-0.4, -0.2) is 9.97 Å². The number of aromatic nitrogens is 2. The number of hydrogen-bond acceptors (Lipinski definition) is 2. The van der Waals surface area contributed by atoms with Crippen molar-refractivity contribution in [1.82, 2.24) is 9.97 Å².